The van der Waals surface area contributed by atoms with Gasteiger partial charge in [-0.05, 0) is 32.4 Å². The van der Waals surface area contributed by atoms with Crippen molar-refractivity contribution in [3.63, 3.8) is 0 Å². The van der Waals surface area contributed by atoms with Crippen molar-refractivity contribution in [2.75, 3.05) is 26.7 Å². The Hall–Kier alpha value is -0.610. The second-order valence-electron chi connectivity index (χ2n) is 3.79. The number of hydrogen-bond acceptors (Lipinski definition) is 3. The van der Waals surface area contributed by atoms with Crippen LogP contribution in [-0.2, 0) is 4.79 Å². The van der Waals surface area contributed by atoms with Gasteiger partial charge in [-0.1, -0.05) is 0 Å². The monoisotopic (exact) mass is 200 g/mol. The maximum absolute atomic E-state index is 11.0. The molecule has 4 nitrogen and oxygen atoms in total. The highest BCUT2D eigenvalue weighted by atomic mass is 16.3. The largest absolute Gasteiger partial charge is 0.395 e. The molecule has 1 atom stereocenters. The first-order valence-electron chi connectivity index (χ1n) is 5.33. The van der Waals surface area contributed by atoms with Gasteiger partial charge in [-0.25, -0.2) is 0 Å². The van der Waals surface area contributed by atoms with E-state index in [4.69, 9.17) is 5.11 Å². The van der Waals surface area contributed by atoms with E-state index < -0.39 is 0 Å². The van der Waals surface area contributed by atoms with E-state index in [1.54, 1.807) is 7.05 Å². The van der Waals surface area contributed by atoms with Gasteiger partial charge in [-0.15, -0.1) is 0 Å². The second kappa shape index (κ2) is 5.98. The average Bonchev–Trinajstić information content (AvgIpc) is 2.65. The molecule has 0 aromatic rings. The average molecular weight is 200 g/mol. The lowest BCUT2D eigenvalue weighted by molar-refractivity contribution is -0.120. The topological polar surface area (TPSA) is 52.6 Å². The Balaban J connectivity index is 2.14. The molecule has 4 heteroatoms. The number of nitrogens with zero attached hydrogens (tertiary/aromatic N) is 1. The van der Waals surface area contributed by atoms with Gasteiger partial charge < -0.3 is 10.4 Å². The Morgan fingerprint density at radius 1 is 1.64 bits per heavy atom. The van der Waals surface area contributed by atoms with E-state index in [-0.39, 0.29) is 12.5 Å². The Morgan fingerprint density at radius 2 is 2.43 bits per heavy atom. The molecule has 0 bridgehead atoms. The maximum atomic E-state index is 11.0. The summed E-state index contributed by atoms with van der Waals surface area (Å²) >= 11 is 0. The van der Waals surface area contributed by atoms with Gasteiger partial charge in [0, 0.05) is 19.5 Å². The summed E-state index contributed by atoms with van der Waals surface area (Å²) in [6, 6.07) is 0.333. The van der Waals surface area contributed by atoms with Gasteiger partial charge >= 0.3 is 0 Å². The van der Waals surface area contributed by atoms with Crippen LogP contribution in [0.2, 0.25) is 0 Å². The first kappa shape index (κ1) is 11.5. The lowest BCUT2D eigenvalue weighted by Gasteiger charge is -2.22. The van der Waals surface area contributed by atoms with E-state index in [1.807, 2.05) is 0 Å². The minimum Gasteiger partial charge on any atom is -0.395 e. The SMILES string of the molecule is CNC(=O)CCCN1CCC[C@H]1CO. The van der Waals surface area contributed by atoms with Crippen LogP contribution in [0.5, 0.6) is 0 Å². The van der Waals surface area contributed by atoms with Crippen LogP contribution in [-0.4, -0.2) is 48.7 Å². The molecular weight excluding hydrogens is 180 g/mol. The summed E-state index contributed by atoms with van der Waals surface area (Å²) < 4.78 is 0. The smallest absolute Gasteiger partial charge is 0.219 e. The second-order valence-corrected chi connectivity index (χ2v) is 3.79. The molecule has 0 radical (unpaired) electrons. The normalized spacial score (nSPS) is 22.6. The first-order chi connectivity index (χ1) is 6.77. The molecule has 2 N–H and O–H groups in total. The molecule has 0 saturated carbocycles. The Kier molecular flexibility index (Phi) is 4.90. The summed E-state index contributed by atoms with van der Waals surface area (Å²) in [6.07, 6.45) is 3.74. The fourth-order valence-electron chi connectivity index (χ4n) is 1.96. The molecule has 1 saturated heterocycles. The summed E-state index contributed by atoms with van der Waals surface area (Å²) in [5, 5.41) is 11.7. The highest BCUT2D eigenvalue weighted by molar-refractivity contribution is 5.75. The minimum atomic E-state index is 0.102. The zero-order valence-electron chi connectivity index (χ0n) is 8.83. The fourth-order valence-corrected chi connectivity index (χ4v) is 1.96. The van der Waals surface area contributed by atoms with Crippen LogP contribution in [0.4, 0.5) is 0 Å². The van der Waals surface area contributed by atoms with Gasteiger partial charge in [0.05, 0.1) is 6.61 Å². The van der Waals surface area contributed by atoms with Crippen molar-refractivity contribution in [2.45, 2.75) is 31.7 Å². The van der Waals surface area contributed by atoms with E-state index in [9.17, 15) is 4.79 Å². The molecule has 14 heavy (non-hydrogen) atoms. The summed E-state index contributed by atoms with van der Waals surface area (Å²) in [7, 11) is 1.66. The van der Waals surface area contributed by atoms with Crippen LogP contribution >= 0.6 is 0 Å². The van der Waals surface area contributed by atoms with Crippen molar-refractivity contribution < 1.29 is 9.90 Å². The van der Waals surface area contributed by atoms with Crippen molar-refractivity contribution in [1.82, 2.24) is 10.2 Å². The standard InChI is InChI=1S/C10H20N2O2/c1-11-10(14)5-3-7-12-6-2-4-9(12)8-13/h9,13H,2-8H2,1H3,(H,11,14)/t9-/m0/s1. The quantitative estimate of drug-likeness (QED) is 0.655. The number of rotatable bonds is 5. The molecule has 0 unspecified atom stereocenters. The molecule has 1 heterocycles. The third-order valence-corrected chi connectivity index (χ3v) is 2.84. The van der Waals surface area contributed by atoms with Crippen molar-refractivity contribution in [3.8, 4) is 0 Å². The van der Waals surface area contributed by atoms with E-state index >= 15 is 0 Å². The van der Waals surface area contributed by atoms with Crippen LogP contribution in [0.3, 0.4) is 0 Å². The van der Waals surface area contributed by atoms with Crippen molar-refractivity contribution in [2.24, 2.45) is 0 Å². The van der Waals surface area contributed by atoms with E-state index in [2.05, 4.69) is 10.2 Å². The molecule has 0 aliphatic carbocycles. The zero-order valence-corrected chi connectivity index (χ0v) is 8.83. The Labute approximate surface area is 85.3 Å². The van der Waals surface area contributed by atoms with Crippen molar-refractivity contribution >= 4 is 5.91 Å². The van der Waals surface area contributed by atoms with Crippen molar-refractivity contribution in [1.29, 1.82) is 0 Å². The van der Waals surface area contributed by atoms with Crippen LogP contribution in [0.15, 0.2) is 0 Å². The molecule has 0 spiro atoms. The first-order valence-corrected chi connectivity index (χ1v) is 5.33. The van der Waals surface area contributed by atoms with Crippen LogP contribution in [0, 0.1) is 0 Å². The lowest BCUT2D eigenvalue weighted by Crippen LogP contribution is -2.33. The molecule has 0 aromatic heterocycles. The molecule has 1 fully saturated rings. The number of hydrogen-bond donors (Lipinski definition) is 2. The summed E-state index contributed by atoms with van der Waals surface area (Å²) in [5.74, 6) is 0.102. The van der Waals surface area contributed by atoms with Gasteiger partial charge in [0.15, 0.2) is 0 Å². The zero-order chi connectivity index (χ0) is 10.4. The molecule has 1 aliphatic rings. The van der Waals surface area contributed by atoms with Gasteiger partial charge in [-0.3, -0.25) is 9.69 Å². The third-order valence-electron chi connectivity index (χ3n) is 2.84. The summed E-state index contributed by atoms with van der Waals surface area (Å²) in [5.41, 5.74) is 0. The van der Waals surface area contributed by atoms with Gasteiger partial charge in [0.25, 0.3) is 0 Å². The van der Waals surface area contributed by atoms with Crippen LogP contribution < -0.4 is 5.32 Å². The number of nitrogens with one attached hydrogen (secondary N) is 1. The van der Waals surface area contributed by atoms with Crippen LogP contribution in [0.25, 0.3) is 0 Å². The highest BCUT2D eigenvalue weighted by Gasteiger charge is 2.22. The number of aliphatic hydroxyl groups is 1. The van der Waals surface area contributed by atoms with Gasteiger partial charge in [-0.2, -0.15) is 0 Å². The lowest BCUT2D eigenvalue weighted by atomic mass is 10.2. The molecule has 1 amide bonds. The number of carbonyl (C=O) groups is 1. The molecule has 0 aromatic carbocycles. The molecule has 1 aliphatic heterocycles. The Morgan fingerprint density at radius 3 is 3.07 bits per heavy atom. The number of amides is 1. The Bertz CT molecular complexity index is 185. The van der Waals surface area contributed by atoms with Crippen LogP contribution in [0.1, 0.15) is 25.7 Å². The highest BCUT2D eigenvalue weighted by Crippen LogP contribution is 2.16. The van der Waals surface area contributed by atoms with Gasteiger partial charge in [0.1, 0.15) is 0 Å². The molecule has 1 rings (SSSR count). The van der Waals surface area contributed by atoms with Gasteiger partial charge in [0.2, 0.25) is 5.91 Å². The predicted octanol–water partition coefficient (Wildman–Crippen LogP) is -0.0307. The summed E-state index contributed by atoms with van der Waals surface area (Å²) in [6.45, 7) is 2.25. The summed E-state index contributed by atoms with van der Waals surface area (Å²) in [4.78, 5) is 13.2. The number of carbonyl (C=O) groups excluding carboxylic acids is 1. The van der Waals surface area contributed by atoms with E-state index in [0.29, 0.717) is 12.5 Å². The predicted molar refractivity (Wildman–Crippen MR) is 55.0 cm³/mol. The third kappa shape index (κ3) is 3.27. The fraction of sp³-hybridized carbons (Fsp3) is 0.900. The maximum Gasteiger partial charge on any atom is 0.219 e. The minimum absolute atomic E-state index is 0.102. The van der Waals surface area contributed by atoms with Crippen molar-refractivity contribution in [3.05, 3.63) is 0 Å². The number of likely N-dealkylation sites (tertiary alicyclic amines) is 1. The van der Waals surface area contributed by atoms with E-state index in [0.717, 1.165) is 25.9 Å². The molecular formula is C10H20N2O2. The molecule has 82 valence electrons. The number of aliphatic hydroxyl groups excluding tert-OH is 1. The van der Waals surface area contributed by atoms with E-state index in [1.165, 1.54) is 6.42 Å².